The lowest BCUT2D eigenvalue weighted by Crippen LogP contribution is -2.31. The Morgan fingerprint density at radius 1 is 1.11 bits per heavy atom. The average molecular weight is 424 g/mol. The molecule has 2 aromatic carbocycles. The first-order valence-electron chi connectivity index (χ1n) is 8.85. The molecule has 2 heterocycles. The Balaban J connectivity index is 1.53. The lowest BCUT2D eigenvalue weighted by molar-refractivity contribution is 0.219. The molecular weight excluding hydrogens is 405 g/mol. The van der Waals surface area contributed by atoms with Crippen LogP contribution in [0.15, 0.2) is 36.4 Å². The van der Waals surface area contributed by atoms with Crippen molar-refractivity contribution in [2.75, 3.05) is 35.1 Å². The van der Waals surface area contributed by atoms with Gasteiger partial charge >= 0.3 is 6.03 Å². The molecule has 0 aromatic heterocycles. The van der Waals surface area contributed by atoms with Crippen LogP contribution in [0.1, 0.15) is 11.1 Å². The van der Waals surface area contributed by atoms with E-state index < -0.39 is 15.8 Å². The molecule has 0 aliphatic carbocycles. The molecule has 0 atom stereocenters. The van der Waals surface area contributed by atoms with E-state index in [1.54, 1.807) is 28.0 Å². The highest BCUT2D eigenvalue weighted by Gasteiger charge is 2.32. The SMILES string of the molecule is CS(=O)(=O)N1CCc2cc(N3CCN(Cc4ccc(F)cc4Cl)C3=O)ccc21. The summed E-state index contributed by atoms with van der Waals surface area (Å²) in [5.74, 6) is -0.413. The predicted molar refractivity (Wildman–Crippen MR) is 107 cm³/mol. The summed E-state index contributed by atoms with van der Waals surface area (Å²) in [5.41, 5.74) is 3.02. The first kappa shape index (κ1) is 19.0. The number of benzene rings is 2. The van der Waals surface area contributed by atoms with E-state index in [0.717, 1.165) is 11.3 Å². The second-order valence-electron chi connectivity index (χ2n) is 6.99. The van der Waals surface area contributed by atoms with Crippen LogP contribution in [0, 0.1) is 5.82 Å². The highest BCUT2D eigenvalue weighted by Crippen LogP contribution is 2.34. The quantitative estimate of drug-likeness (QED) is 0.758. The number of anilines is 2. The summed E-state index contributed by atoms with van der Waals surface area (Å²) in [4.78, 5) is 16.2. The summed E-state index contributed by atoms with van der Waals surface area (Å²) in [6.45, 7) is 1.77. The third-order valence-corrected chi connectivity index (χ3v) is 6.63. The molecule has 148 valence electrons. The molecule has 4 rings (SSSR count). The van der Waals surface area contributed by atoms with Gasteiger partial charge in [-0.3, -0.25) is 9.21 Å². The van der Waals surface area contributed by atoms with Gasteiger partial charge in [-0.25, -0.2) is 17.6 Å². The summed E-state index contributed by atoms with van der Waals surface area (Å²) in [6.07, 6.45) is 1.81. The smallest absolute Gasteiger partial charge is 0.318 e. The molecule has 2 aromatic rings. The molecule has 28 heavy (non-hydrogen) atoms. The Labute approximate surface area is 168 Å². The summed E-state index contributed by atoms with van der Waals surface area (Å²) >= 11 is 6.08. The van der Waals surface area contributed by atoms with Gasteiger partial charge in [-0.1, -0.05) is 17.7 Å². The largest absolute Gasteiger partial charge is 0.324 e. The van der Waals surface area contributed by atoms with E-state index in [0.29, 0.717) is 48.9 Å². The van der Waals surface area contributed by atoms with Crippen LogP contribution in [0.25, 0.3) is 0 Å². The normalized spacial score (nSPS) is 16.8. The maximum Gasteiger partial charge on any atom is 0.324 e. The van der Waals surface area contributed by atoms with E-state index in [1.807, 2.05) is 6.07 Å². The van der Waals surface area contributed by atoms with Gasteiger partial charge < -0.3 is 4.90 Å². The monoisotopic (exact) mass is 423 g/mol. The fourth-order valence-corrected chi connectivity index (χ4v) is 4.88. The summed E-state index contributed by atoms with van der Waals surface area (Å²) in [6, 6.07) is 9.41. The minimum atomic E-state index is -3.30. The second-order valence-corrected chi connectivity index (χ2v) is 9.30. The van der Waals surface area contributed by atoms with Gasteiger partial charge in [-0.05, 0) is 47.9 Å². The predicted octanol–water partition coefficient (Wildman–Crippen LogP) is 3.24. The Morgan fingerprint density at radius 2 is 1.89 bits per heavy atom. The molecule has 0 N–H and O–H groups in total. The fraction of sp³-hybridized carbons (Fsp3) is 0.316. The van der Waals surface area contributed by atoms with Crippen molar-refractivity contribution in [3.05, 3.63) is 58.4 Å². The molecule has 9 heteroatoms. The van der Waals surface area contributed by atoms with E-state index in [-0.39, 0.29) is 6.03 Å². The first-order valence-corrected chi connectivity index (χ1v) is 11.1. The third kappa shape index (κ3) is 3.42. The van der Waals surface area contributed by atoms with Crippen LogP contribution in [0.3, 0.4) is 0 Å². The van der Waals surface area contributed by atoms with E-state index in [9.17, 15) is 17.6 Å². The van der Waals surface area contributed by atoms with Crippen molar-refractivity contribution in [1.29, 1.82) is 0 Å². The molecular formula is C19H19ClFN3O3S. The lowest BCUT2D eigenvalue weighted by atomic mass is 10.1. The number of amides is 2. The molecule has 1 saturated heterocycles. The van der Waals surface area contributed by atoms with Crippen molar-refractivity contribution >= 4 is 39.0 Å². The summed E-state index contributed by atoms with van der Waals surface area (Å²) in [5, 5.41) is 0.296. The van der Waals surface area contributed by atoms with E-state index in [2.05, 4.69) is 0 Å². The molecule has 6 nitrogen and oxygen atoms in total. The molecule has 2 aliphatic rings. The zero-order valence-electron chi connectivity index (χ0n) is 15.2. The molecule has 0 radical (unpaired) electrons. The third-order valence-electron chi connectivity index (χ3n) is 5.10. The Bertz CT molecular complexity index is 1060. The zero-order chi connectivity index (χ0) is 20.1. The van der Waals surface area contributed by atoms with Crippen LogP contribution in [-0.4, -0.2) is 45.2 Å². The van der Waals surface area contributed by atoms with Gasteiger partial charge in [-0.15, -0.1) is 0 Å². The highest BCUT2D eigenvalue weighted by molar-refractivity contribution is 7.92. The molecule has 0 saturated carbocycles. The van der Waals surface area contributed by atoms with Crippen molar-refractivity contribution in [2.24, 2.45) is 0 Å². The standard InChI is InChI=1S/C19H19ClFN3O3S/c1-28(26,27)24-7-6-13-10-16(4-5-18(13)24)23-9-8-22(19(23)25)12-14-2-3-15(21)11-17(14)20/h2-5,10-11H,6-9,12H2,1H3. The lowest BCUT2D eigenvalue weighted by Gasteiger charge is -2.21. The minimum absolute atomic E-state index is 0.154. The van der Waals surface area contributed by atoms with Gasteiger partial charge in [0.15, 0.2) is 0 Å². The van der Waals surface area contributed by atoms with Crippen molar-refractivity contribution < 1.29 is 17.6 Å². The number of carbonyl (C=O) groups is 1. The Hall–Kier alpha value is -2.32. The van der Waals surface area contributed by atoms with E-state index in [4.69, 9.17) is 11.6 Å². The number of rotatable bonds is 4. The van der Waals surface area contributed by atoms with Gasteiger partial charge in [0.05, 0.1) is 11.9 Å². The van der Waals surface area contributed by atoms with Crippen molar-refractivity contribution in [1.82, 2.24) is 4.90 Å². The van der Waals surface area contributed by atoms with Gasteiger partial charge in [-0.2, -0.15) is 0 Å². The van der Waals surface area contributed by atoms with Gasteiger partial charge in [0, 0.05) is 36.9 Å². The number of hydrogen-bond acceptors (Lipinski definition) is 3. The number of hydrogen-bond donors (Lipinski definition) is 0. The zero-order valence-corrected chi connectivity index (χ0v) is 16.8. The molecule has 0 spiro atoms. The topological polar surface area (TPSA) is 60.9 Å². The van der Waals surface area contributed by atoms with E-state index in [1.165, 1.54) is 22.7 Å². The minimum Gasteiger partial charge on any atom is -0.318 e. The number of sulfonamides is 1. The van der Waals surface area contributed by atoms with Crippen molar-refractivity contribution in [3.63, 3.8) is 0 Å². The van der Waals surface area contributed by atoms with Crippen molar-refractivity contribution in [2.45, 2.75) is 13.0 Å². The number of fused-ring (bicyclic) bond motifs is 1. The molecule has 1 fully saturated rings. The second kappa shape index (κ2) is 6.93. The van der Waals surface area contributed by atoms with Crippen LogP contribution in [0.2, 0.25) is 5.02 Å². The molecule has 2 amide bonds. The number of urea groups is 1. The summed E-state index contributed by atoms with van der Waals surface area (Å²) < 4.78 is 38.4. The van der Waals surface area contributed by atoms with Crippen LogP contribution < -0.4 is 9.21 Å². The maximum absolute atomic E-state index is 13.2. The molecule has 0 bridgehead atoms. The highest BCUT2D eigenvalue weighted by atomic mass is 35.5. The van der Waals surface area contributed by atoms with Crippen LogP contribution in [0.4, 0.5) is 20.6 Å². The van der Waals surface area contributed by atoms with Gasteiger partial charge in [0.1, 0.15) is 5.82 Å². The number of nitrogens with zero attached hydrogens (tertiary/aromatic N) is 3. The first-order chi connectivity index (χ1) is 13.2. The van der Waals surface area contributed by atoms with Crippen LogP contribution >= 0.6 is 11.6 Å². The molecule has 2 aliphatic heterocycles. The molecule has 0 unspecified atom stereocenters. The van der Waals surface area contributed by atoms with Crippen LogP contribution in [0.5, 0.6) is 0 Å². The number of carbonyl (C=O) groups excluding carboxylic acids is 1. The summed E-state index contributed by atoms with van der Waals surface area (Å²) in [7, 11) is -3.30. The van der Waals surface area contributed by atoms with E-state index >= 15 is 0 Å². The van der Waals surface area contributed by atoms with Crippen LogP contribution in [-0.2, 0) is 23.0 Å². The number of halogens is 2. The fourth-order valence-electron chi connectivity index (χ4n) is 3.69. The Morgan fingerprint density at radius 3 is 2.61 bits per heavy atom. The maximum atomic E-state index is 13.2. The van der Waals surface area contributed by atoms with Gasteiger partial charge in [0.25, 0.3) is 0 Å². The van der Waals surface area contributed by atoms with Crippen molar-refractivity contribution in [3.8, 4) is 0 Å². The Kier molecular flexibility index (Phi) is 4.71. The van der Waals surface area contributed by atoms with Gasteiger partial charge in [0.2, 0.25) is 10.0 Å². The average Bonchev–Trinajstić information content (AvgIpc) is 3.20.